The van der Waals surface area contributed by atoms with Crippen molar-refractivity contribution in [3.63, 3.8) is 0 Å². The third-order valence-electron chi connectivity index (χ3n) is 3.57. The number of rotatable bonds is 8. The van der Waals surface area contributed by atoms with Gasteiger partial charge in [-0.05, 0) is 29.7 Å². The fourth-order valence-electron chi connectivity index (χ4n) is 2.26. The van der Waals surface area contributed by atoms with Crippen LogP contribution in [0.1, 0.15) is 23.1 Å². The van der Waals surface area contributed by atoms with Crippen molar-refractivity contribution in [3.8, 4) is 0 Å². The van der Waals surface area contributed by atoms with Crippen LogP contribution in [0.3, 0.4) is 0 Å². The predicted molar refractivity (Wildman–Crippen MR) is 97.3 cm³/mol. The maximum absolute atomic E-state index is 11.6. The van der Waals surface area contributed by atoms with E-state index in [1.54, 1.807) is 18.2 Å². The number of carbonyl (C=O) groups is 1. The summed E-state index contributed by atoms with van der Waals surface area (Å²) in [5, 5.41) is 22.7. The molecule has 7 nitrogen and oxygen atoms in total. The van der Waals surface area contributed by atoms with Gasteiger partial charge in [0.05, 0.1) is 17.1 Å². The minimum Gasteiger partial charge on any atom is -0.445 e. The number of alkyl carbamates (subject to hydrolysis) is 1. The second-order valence-electron chi connectivity index (χ2n) is 5.48. The molecule has 2 aromatic carbocycles. The number of nitrogens with one attached hydrogen (secondary N) is 1. The number of aliphatic hydroxyl groups is 1. The SMILES string of the molecule is O=C(NCCC=Cc1ccc([N+](=O)[O-])c(CO)c1)OCc1ccccc1. The zero-order valence-electron chi connectivity index (χ0n) is 14.1. The van der Waals surface area contributed by atoms with Gasteiger partial charge in [-0.2, -0.15) is 0 Å². The summed E-state index contributed by atoms with van der Waals surface area (Å²) in [6, 6.07) is 13.9. The highest BCUT2D eigenvalue weighted by Crippen LogP contribution is 2.20. The van der Waals surface area contributed by atoms with E-state index in [0.29, 0.717) is 13.0 Å². The molecule has 0 saturated heterocycles. The number of benzene rings is 2. The van der Waals surface area contributed by atoms with Crippen molar-refractivity contribution < 1.29 is 19.6 Å². The molecule has 1 amide bonds. The lowest BCUT2D eigenvalue weighted by Crippen LogP contribution is -2.24. The number of aliphatic hydroxyl groups excluding tert-OH is 1. The Balaban J connectivity index is 1.73. The lowest BCUT2D eigenvalue weighted by molar-refractivity contribution is -0.385. The van der Waals surface area contributed by atoms with Crippen molar-refractivity contribution >= 4 is 17.9 Å². The van der Waals surface area contributed by atoms with Gasteiger partial charge in [-0.15, -0.1) is 0 Å². The van der Waals surface area contributed by atoms with E-state index in [1.807, 2.05) is 36.4 Å². The van der Waals surface area contributed by atoms with Crippen molar-refractivity contribution in [1.82, 2.24) is 5.32 Å². The number of carbonyl (C=O) groups excluding carboxylic acids is 1. The van der Waals surface area contributed by atoms with Crippen LogP contribution in [0.5, 0.6) is 0 Å². The molecule has 0 aliphatic rings. The van der Waals surface area contributed by atoms with Gasteiger partial charge in [0.2, 0.25) is 0 Å². The molecule has 0 saturated carbocycles. The lowest BCUT2D eigenvalue weighted by Gasteiger charge is -2.06. The van der Waals surface area contributed by atoms with E-state index in [-0.39, 0.29) is 17.9 Å². The number of hydrogen-bond donors (Lipinski definition) is 2. The zero-order valence-corrected chi connectivity index (χ0v) is 14.1. The average Bonchev–Trinajstić information content (AvgIpc) is 2.66. The second-order valence-corrected chi connectivity index (χ2v) is 5.48. The Labute approximate surface area is 151 Å². The van der Waals surface area contributed by atoms with Crippen molar-refractivity contribution in [2.45, 2.75) is 19.6 Å². The molecule has 0 bridgehead atoms. The number of nitrogens with zero attached hydrogens (tertiary/aromatic N) is 1. The van der Waals surface area contributed by atoms with Crippen LogP contribution in [0.4, 0.5) is 10.5 Å². The second kappa shape index (κ2) is 9.95. The van der Waals surface area contributed by atoms with Crippen LogP contribution in [0.25, 0.3) is 6.08 Å². The monoisotopic (exact) mass is 356 g/mol. The van der Waals surface area contributed by atoms with E-state index in [1.165, 1.54) is 6.07 Å². The number of nitro benzene ring substituents is 1. The first kappa shape index (κ1) is 19.1. The number of hydrogen-bond acceptors (Lipinski definition) is 5. The molecule has 0 aromatic heterocycles. The molecule has 7 heteroatoms. The third kappa shape index (κ3) is 6.03. The molecule has 2 aromatic rings. The standard InChI is InChI=1S/C19H20N2O5/c22-13-17-12-15(9-10-18(17)21(24)25)6-4-5-11-20-19(23)26-14-16-7-2-1-3-8-16/h1-4,6-10,12,22H,5,11,13-14H2,(H,20,23). The minimum absolute atomic E-state index is 0.104. The van der Waals surface area contributed by atoms with Crippen molar-refractivity contribution in [3.05, 3.63) is 81.4 Å². The fraction of sp³-hybridized carbons (Fsp3) is 0.211. The van der Waals surface area contributed by atoms with Crippen LogP contribution in [-0.4, -0.2) is 22.7 Å². The molecule has 2 N–H and O–H groups in total. The summed E-state index contributed by atoms with van der Waals surface area (Å²) in [6.45, 7) is 0.228. The zero-order chi connectivity index (χ0) is 18.8. The lowest BCUT2D eigenvalue weighted by atomic mass is 10.1. The largest absolute Gasteiger partial charge is 0.445 e. The van der Waals surface area contributed by atoms with Gasteiger partial charge >= 0.3 is 6.09 Å². The predicted octanol–water partition coefficient (Wildman–Crippen LogP) is 3.42. The molecule has 0 atom stereocenters. The van der Waals surface area contributed by atoms with E-state index in [9.17, 15) is 20.0 Å². The van der Waals surface area contributed by atoms with Crippen LogP contribution < -0.4 is 5.32 Å². The Morgan fingerprint density at radius 1 is 1.23 bits per heavy atom. The maximum Gasteiger partial charge on any atom is 0.407 e. The topological polar surface area (TPSA) is 102 Å². The van der Waals surface area contributed by atoms with E-state index < -0.39 is 17.6 Å². The van der Waals surface area contributed by atoms with Gasteiger partial charge in [-0.25, -0.2) is 4.79 Å². The summed E-state index contributed by atoms with van der Waals surface area (Å²) in [7, 11) is 0. The van der Waals surface area contributed by atoms with Gasteiger partial charge in [-0.1, -0.05) is 42.5 Å². The fourth-order valence-corrected chi connectivity index (χ4v) is 2.26. The molecular formula is C19H20N2O5. The normalized spacial score (nSPS) is 10.7. The van der Waals surface area contributed by atoms with Crippen LogP contribution >= 0.6 is 0 Å². The molecule has 0 radical (unpaired) electrons. The van der Waals surface area contributed by atoms with Crippen LogP contribution in [0, 0.1) is 10.1 Å². The van der Waals surface area contributed by atoms with Gasteiger partial charge in [0.15, 0.2) is 0 Å². The molecule has 136 valence electrons. The molecule has 0 heterocycles. The molecular weight excluding hydrogens is 336 g/mol. The first-order chi connectivity index (χ1) is 12.6. The Kier molecular flexibility index (Phi) is 7.32. The van der Waals surface area contributed by atoms with Crippen LogP contribution in [0.2, 0.25) is 0 Å². The molecule has 0 spiro atoms. The van der Waals surface area contributed by atoms with Gasteiger partial charge in [-0.3, -0.25) is 10.1 Å². The summed E-state index contributed by atoms with van der Waals surface area (Å²) >= 11 is 0. The van der Waals surface area contributed by atoms with Gasteiger partial charge < -0.3 is 15.2 Å². The van der Waals surface area contributed by atoms with E-state index in [0.717, 1.165) is 11.1 Å². The van der Waals surface area contributed by atoms with E-state index in [4.69, 9.17) is 4.74 Å². The highest BCUT2D eigenvalue weighted by atomic mass is 16.6. The molecule has 0 aliphatic heterocycles. The molecule has 0 aliphatic carbocycles. The minimum atomic E-state index is -0.524. The summed E-state index contributed by atoms with van der Waals surface area (Å²) in [5.74, 6) is 0. The van der Waals surface area contributed by atoms with Crippen LogP contribution in [-0.2, 0) is 18.0 Å². The summed E-state index contributed by atoms with van der Waals surface area (Å²) in [6.07, 6.45) is 3.70. The Hall–Kier alpha value is -3.19. The third-order valence-corrected chi connectivity index (χ3v) is 3.57. The Morgan fingerprint density at radius 3 is 2.69 bits per heavy atom. The van der Waals surface area contributed by atoms with E-state index >= 15 is 0 Å². The van der Waals surface area contributed by atoms with Gasteiger partial charge in [0.25, 0.3) is 5.69 Å². The summed E-state index contributed by atoms with van der Waals surface area (Å²) in [5.41, 5.74) is 1.82. The highest BCUT2D eigenvalue weighted by molar-refractivity contribution is 5.67. The van der Waals surface area contributed by atoms with Crippen molar-refractivity contribution in [2.24, 2.45) is 0 Å². The summed E-state index contributed by atoms with van der Waals surface area (Å²) < 4.78 is 5.09. The quantitative estimate of drug-likeness (QED) is 0.429. The number of amides is 1. The van der Waals surface area contributed by atoms with Crippen molar-refractivity contribution in [1.29, 1.82) is 0 Å². The highest BCUT2D eigenvalue weighted by Gasteiger charge is 2.12. The van der Waals surface area contributed by atoms with Crippen LogP contribution in [0.15, 0.2) is 54.6 Å². The Morgan fingerprint density at radius 2 is 2.00 bits per heavy atom. The molecule has 26 heavy (non-hydrogen) atoms. The molecule has 2 rings (SSSR count). The smallest absolute Gasteiger partial charge is 0.407 e. The first-order valence-electron chi connectivity index (χ1n) is 8.09. The molecule has 0 fully saturated rings. The van der Waals surface area contributed by atoms with Gasteiger partial charge in [0, 0.05) is 12.6 Å². The number of ether oxygens (including phenoxy) is 1. The Bertz CT molecular complexity index is 775. The number of nitro groups is 1. The van der Waals surface area contributed by atoms with Crippen molar-refractivity contribution in [2.75, 3.05) is 6.54 Å². The van der Waals surface area contributed by atoms with Gasteiger partial charge in [0.1, 0.15) is 6.61 Å². The summed E-state index contributed by atoms with van der Waals surface area (Å²) in [4.78, 5) is 21.9. The maximum atomic E-state index is 11.6. The van der Waals surface area contributed by atoms with E-state index in [2.05, 4.69) is 5.32 Å². The average molecular weight is 356 g/mol. The molecule has 0 unspecified atom stereocenters. The first-order valence-corrected chi connectivity index (χ1v) is 8.09.